The van der Waals surface area contributed by atoms with Gasteiger partial charge < -0.3 is 14.2 Å². The molecule has 1 aromatic carbocycles. The molecule has 0 aliphatic heterocycles. The quantitative estimate of drug-likeness (QED) is 0.549. The number of methoxy groups -OCH3 is 3. The van der Waals surface area contributed by atoms with Crippen LogP contribution in [-0.2, 0) is 6.42 Å². The highest BCUT2D eigenvalue weighted by Gasteiger charge is 2.15. The summed E-state index contributed by atoms with van der Waals surface area (Å²) in [5.74, 6) is 1.79. The van der Waals surface area contributed by atoms with Crippen LogP contribution in [0.3, 0.4) is 0 Å². The van der Waals surface area contributed by atoms with Crippen molar-refractivity contribution in [2.75, 3.05) is 34.9 Å². The zero-order valence-electron chi connectivity index (χ0n) is 11.1. The van der Waals surface area contributed by atoms with Gasteiger partial charge in [0.1, 0.15) is 0 Å². The zero-order chi connectivity index (χ0) is 13.5. The molecule has 0 saturated heterocycles. The Kier molecular flexibility index (Phi) is 5.23. The Bertz CT molecular complexity index is 409. The fourth-order valence-electron chi connectivity index (χ4n) is 1.68. The van der Waals surface area contributed by atoms with Crippen LogP contribution in [0.2, 0.25) is 0 Å². The SMILES string of the molecule is COc1ccc(CCN(C)N=O)c(OC)c1OC. The minimum Gasteiger partial charge on any atom is -0.493 e. The predicted molar refractivity (Wildman–Crippen MR) is 68.2 cm³/mol. The topological polar surface area (TPSA) is 60.4 Å². The average molecular weight is 254 g/mol. The number of rotatable bonds is 7. The van der Waals surface area contributed by atoms with Crippen LogP contribution in [0.5, 0.6) is 17.2 Å². The largest absolute Gasteiger partial charge is 0.493 e. The van der Waals surface area contributed by atoms with Crippen LogP contribution < -0.4 is 14.2 Å². The van der Waals surface area contributed by atoms with E-state index in [1.807, 2.05) is 12.1 Å². The molecule has 1 aromatic rings. The minimum atomic E-state index is 0.509. The van der Waals surface area contributed by atoms with E-state index in [-0.39, 0.29) is 0 Å². The van der Waals surface area contributed by atoms with Crippen LogP contribution in [0.25, 0.3) is 0 Å². The third-order valence-corrected chi connectivity index (χ3v) is 2.63. The number of nitroso groups, excluding NO2 is 1. The summed E-state index contributed by atoms with van der Waals surface area (Å²) in [6.45, 7) is 0.509. The molecule has 18 heavy (non-hydrogen) atoms. The highest BCUT2D eigenvalue weighted by atomic mass is 16.5. The van der Waals surface area contributed by atoms with Crippen LogP contribution in [0.1, 0.15) is 5.56 Å². The standard InChI is InChI=1S/C12H18N2O4/c1-14(13-15)8-7-9-5-6-10(16-2)12(18-4)11(9)17-3/h5-6H,7-8H2,1-4H3. The maximum atomic E-state index is 10.3. The van der Waals surface area contributed by atoms with E-state index in [9.17, 15) is 4.91 Å². The summed E-state index contributed by atoms with van der Waals surface area (Å²) in [6, 6.07) is 3.70. The Balaban J connectivity index is 3.01. The number of likely N-dealkylation sites (N-methyl/N-ethyl adjacent to an activating group) is 1. The van der Waals surface area contributed by atoms with Gasteiger partial charge in [-0.2, -0.15) is 0 Å². The normalized spacial score (nSPS) is 9.78. The third-order valence-electron chi connectivity index (χ3n) is 2.63. The fraction of sp³-hybridized carbons (Fsp3) is 0.500. The number of hydrogen-bond acceptors (Lipinski definition) is 5. The van der Waals surface area contributed by atoms with E-state index in [1.165, 1.54) is 5.01 Å². The molecule has 0 aliphatic rings. The van der Waals surface area contributed by atoms with Gasteiger partial charge in [0.2, 0.25) is 5.75 Å². The first-order valence-corrected chi connectivity index (χ1v) is 5.50. The Labute approximate surface area is 106 Å². The van der Waals surface area contributed by atoms with E-state index in [2.05, 4.69) is 5.29 Å². The van der Waals surface area contributed by atoms with Gasteiger partial charge in [-0.15, -0.1) is 4.91 Å². The zero-order valence-corrected chi connectivity index (χ0v) is 11.1. The van der Waals surface area contributed by atoms with Crippen molar-refractivity contribution >= 4 is 0 Å². The maximum Gasteiger partial charge on any atom is 0.203 e. The summed E-state index contributed by atoms with van der Waals surface area (Å²) in [5, 5.41) is 4.15. The van der Waals surface area contributed by atoms with E-state index in [4.69, 9.17) is 14.2 Å². The first-order valence-electron chi connectivity index (χ1n) is 5.50. The van der Waals surface area contributed by atoms with Crippen molar-refractivity contribution in [3.05, 3.63) is 22.6 Å². The molecule has 6 heteroatoms. The second-order valence-corrected chi connectivity index (χ2v) is 3.71. The van der Waals surface area contributed by atoms with Gasteiger partial charge >= 0.3 is 0 Å². The monoisotopic (exact) mass is 254 g/mol. The van der Waals surface area contributed by atoms with Crippen LogP contribution in [0.15, 0.2) is 17.4 Å². The highest BCUT2D eigenvalue weighted by Crippen LogP contribution is 2.39. The molecule has 0 N–H and O–H groups in total. The molecular formula is C12H18N2O4. The summed E-state index contributed by atoms with van der Waals surface area (Å²) in [7, 11) is 6.33. The lowest BCUT2D eigenvalue weighted by Gasteiger charge is -2.16. The average Bonchev–Trinajstić information content (AvgIpc) is 2.43. The van der Waals surface area contributed by atoms with Crippen LogP contribution in [-0.4, -0.2) is 39.9 Å². The first kappa shape index (κ1) is 14.1. The molecule has 0 amide bonds. The molecular weight excluding hydrogens is 236 g/mol. The van der Waals surface area contributed by atoms with Gasteiger partial charge in [-0.25, -0.2) is 0 Å². The van der Waals surface area contributed by atoms with E-state index >= 15 is 0 Å². The molecule has 0 fully saturated rings. The summed E-state index contributed by atoms with van der Waals surface area (Å²) >= 11 is 0. The molecule has 100 valence electrons. The van der Waals surface area contributed by atoms with Crippen LogP contribution >= 0.6 is 0 Å². The number of ether oxygens (including phenoxy) is 3. The van der Waals surface area contributed by atoms with E-state index in [0.29, 0.717) is 30.2 Å². The molecule has 0 atom stereocenters. The van der Waals surface area contributed by atoms with Crippen LogP contribution in [0.4, 0.5) is 0 Å². The highest BCUT2D eigenvalue weighted by molar-refractivity contribution is 5.55. The van der Waals surface area contributed by atoms with Gasteiger partial charge in [0.25, 0.3) is 0 Å². The Morgan fingerprint density at radius 1 is 1.11 bits per heavy atom. The number of hydrogen-bond donors (Lipinski definition) is 0. The summed E-state index contributed by atoms with van der Waals surface area (Å²) in [6.07, 6.45) is 0.631. The predicted octanol–water partition coefficient (Wildman–Crippen LogP) is 1.87. The fourth-order valence-corrected chi connectivity index (χ4v) is 1.68. The Morgan fingerprint density at radius 3 is 2.28 bits per heavy atom. The molecule has 0 saturated carbocycles. The van der Waals surface area contributed by atoms with Crippen molar-refractivity contribution in [1.29, 1.82) is 0 Å². The molecule has 0 aromatic heterocycles. The minimum absolute atomic E-state index is 0.509. The smallest absolute Gasteiger partial charge is 0.203 e. The second kappa shape index (κ2) is 6.68. The number of nitrogens with zero attached hydrogens (tertiary/aromatic N) is 2. The van der Waals surface area contributed by atoms with Crippen molar-refractivity contribution in [2.24, 2.45) is 5.29 Å². The summed E-state index contributed by atoms with van der Waals surface area (Å²) in [5.41, 5.74) is 0.936. The molecule has 0 bridgehead atoms. The van der Waals surface area contributed by atoms with Gasteiger partial charge in [0.15, 0.2) is 11.5 Å². The third kappa shape index (κ3) is 3.03. The van der Waals surface area contributed by atoms with Gasteiger partial charge in [0, 0.05) is 19.2 Å². The molecule has 6 nitrogen and oxygen atoms in total. The van der Waals surface area contributed by atoms with Crippen molar-refractivity contribution in [3.63, 3.8) is 0 Å². The van der Waals surface area contributed by atoms with Gasteiger partial charge in [-0.1, -0.05) is 6.07 Å². The maximum absolute atomic E-state index is 10.3. The lowest BCUT2D eigenvalue weighted by Crippen LogP contribution is -2.14. The van der Waals surface area contributed by atoms with Gasteiger partial charge in [-0.05, 0) is 12.5 Å². The van der Waals surface area contributed by atoms with E-state index < -0.39 is 0 Å². The van der Waals surface area contributed by atoms with Crippen molar-refractivity contribution in [2.45, 2.75) is 6.42 Å². The lowest BCUT2D eigenvalue weighted by molar-refractivity contribution is 0.318. The molecule has 0 unspecified atom stereocenters. The number of benzene rings is 1. The molecule has 0 radical (unpaired) electrons. The summed E-state index contributed by atoms with van der Waals surface area (Å²) in [4.78, 5) is 10.3. The molecule has 0 aliphatic carbocycles. The molecule has 0 heterocycles. The molecule has 0 spiro atoms. The van der Waals surface area contributed by atoms with Gasteiger partial charge in [0.05, 0.1) is 26.6 Å². The lowest BCUT2D eigenvalue weighted by atomic mass is 10.1. The Morgan fingerprint density at radius 2 is 1.78 bits per heavy atom. The van der Waals surface area contributed by atoms with Crippen molar-refractivity contribution < 1.29 is 14.2 Å². The molecule has 1 rings (SSSR count). The van der Waals surface area contributed by atoms with Crippen molar-refractivity contribution in [3.8, 4) is 17.2 Å². The van der Waals surface area contributed by atoms with E-state index in [0.717, 1.165) is 5.56 Å². The van der Waals surface area contributed by atoms with Crippen LogP contribution in [0, 0.1) is 4.91 Å². The summed E-state index contributed by atoms with van der Waals surface area (Å²) < 4.78 is 15.8. The second-order valence-electron chi connectivity index (χ2n) is 3.71. The van der Waals surface area contributed by atoms with Gasteiger partial charge in [-0.3, -0.25) is 5.01 Å². The first-order chi connectivity index (χ1) is 8.67. The Hall–Kier alpha value is -1.98. The van der Waals surface area contributed by atoms with E-state index in [1.54, 1.807) is 28.4 Å². The van der Waals surface area contributed by atoms with Crippen molar-refractivity contribution in [1.82, 2.24) is 5.01 Å².